The van der Waals surface area contributed by atoms with Gasteiger partial charge in [-0.05, 0) is 69.9 Å². The number of aromatic nitrogens is 1. The molecule has 0 unspecified atom stereocenters. The van der Waals surface area contributed by atoms with Crippen molar-refractivity contribution >= 4 is 51.3 Å². The van der Waals surface area contributed by atoms with Crippen molar-refractivity contribution in [2.75, 3.05) is 32.8 Å². The van der Waals surface area contributed by atoms with Gasteiger partial charge in [-0.2, -0.15) is 0 Å². The molecular weight excluding hydrogens is 464 g/mol. The Bertz CT molecular complexity index is 1030. The van der Waals surface area contributed by atoms with Crippen LogP contribution in [-0.2, 0) is 9.53 Å². The summed E-state index contributed by atoms with van der Waals surface area (Å²) in [6, 6.07) is 15.4. The lowest BCUT2D eigenvalue weighted by molar-refractivity contribution is -0.153. The molecule has 1 heterocycles. The number of aromatic amines is 1. The van der Waals surface area contributed by atoms with E-state index in [0.717, 1.165) is 38.0 Å². The normalized spacial score (nSPS) is 11.2. The highest BCUT2D eigenvalue weighted by molar-refractivity contribution is 7.73. The molecule has 32 heavy (non-hydrogen) atoms. The topological polar surface area (TPSA) is 54.6 Å². The number of ether oxygens (including phenoxy) is 2. The molecule has 0 aliphatic heterocycles. The van der Waals surface area contributed by atoms with E-state index in [9.17, 15) is 4.79 Å². The van der Waals surface area contributed by atoms with Gasteiger partial charge >= 0.3 is 5.97 Å². The molecule has 1 N–H and O–H groups in total. The van der Waals surface area contributed by atoms with E-state index in [0.29, 0.717) is 19.8 Å². The number of H-pyrrole nitrogens is 1. The van der Waals surface area contributed by atoms with Crippen LogP contribution in [0.3, 0.4) is 0 Å². The third-order valence-corrected chi connectivity index (χ3v) is 5.95. The lowest BCUT2D eigenvalue weighted by Gasteiger charge is -2.22. The van der Waals surface area contributed by atoms with E-state index in [2.05, 4.69) is 16.8 Å². The Morgan fingerprint density at radius 2 is 1.81 bits per heavy atom. The molecule has 2 aromatic carbocycles. The first kappa shape index (κ1) is 26.3. The number of rotatable bonds is 8. The molecule has 1 aromatic heterocycles. The zero-order valence-electron chi connectivity index (χ0n) is 19.0. The smallest absolute Gasteiger partial charge is 0.311 e. The van der Waals surface area contributed by atoms with Gasteiger partial charge in [-0.3, -0.25) is 9.69 Å². The average Bonchev–Trinajstić information content (AvgIpc) is 3.12. The second-order valence-corrected chi connectivity index (χ2v) is 10.3. The van der Waals surface area contributed by atoms with Crippen LogP contribution in [0, 0.1) is 9.37 Å². The summed E-state index contributed by atoms with van der Waals surface area (Å²) < 4.78 is 13.0. The van der Waals surface area contributed by atoms with E-state index in [1.165, 1.54) is 0 Å². The van der Waals surface area contributed by atoms with Crippen LogP contribution in [0.1, 0.15) is 27.7 Å². The molecular formula is C24H31ClN2O3S2. The van der Waals surface area contributed by atoms with Crippen molar-refractivity contribution in [2.45, 2.75) is 27.7 Å². The number of likely N-dealkylation sites (N-methyl/N-ethyl adjacent to an activating group) is 1. The van der Waals surface area contributed by atoms with Crippen molar-refractivity contribution in [2.24, 2.45) is 5.41 Å². The number of benzene rings is 2. The molecule has 3 aromatic rings. The van der Waals surface area contributed by atoms with Gasteiger partial charge in [0.05, 0.1) is 15.6 Å². The first-order valence-corrected chi connectivity index (χ1v) is 12.1. The van der Waals surface area contributed by atoms with Crippen LogP contribution in [-0.4, -0.2) is 48.7 Å². The van der Waals surface area contributed by atoms with Crippen LogP contribution in [0.25, 0.3) is 10.2 Å². The molecule has 0 amide bonds. The van der Waals surface area contributed by atoms with Crippen LogP contribution in [0.15, 0.2) is 48.5 Å². The third-order valence-electron chi connectivity index (χ3n) is 4.50. The summed E-state index contributed by atoms with van der Waals surface area (Å²) in [6.07, 6.45) is 0. The maximum absolute atomic E-state index is 11.8. The number of halogens is 1. The molecule has 0 saturated heterocycles. The zero-order chi connectivity index (χ0) is 23.6. The molecule has 0 atom stereocenters. The van der Waals surface area contributed by atoms with Gasteiger partial charge in [-0.1, -0.05) is 36.7 Å². The van der Waals surface area contributed by atoms with Crippen LogP contribution >= 0.6 is 35.2 Å². The second-order valence-electron chi connectivity index (χ2n) is 8.14. The molecule has 0 spiro atoms. The van der Waals surface area contributed by atoms with E-state index in [1.54, 1.807) is 11.3 Å². The fraction of sp³-hybridized carbons (Fsp3) is 0.417. The number of nitrogens with zero attached hydrogens (tertiary/aromatic N) is 1. The summed E-state index contributed by atoms with van der Waals surface area (Å²) in [6.45, 7) is 11.0. The molecule has 8 heteroatoms. The number of fused-ring (bicyclic) bond motifs is 1. The zero-order valence-corrected chi connectivity index (χ0v) is 21.4. The molecule has 0 aliphatic rings. The van der Waals surface area contributed by atoms with Gasteiger partial charge in [0.25, 0.3) is 0 Å². The number of hydrogen-bond donors (Lipinski definition) is 1. The average molecular weight is 495 g/mol. The van der Waals surface area contributed by atoms with Gasteiger partial charge < -0.3 is 14.5 Å². The minimum absolute atomic E-state index is 0.165. The number of hydrogen-bond acceptors (Lipinski definition) is 6. The predicted octanol–water partition coefficient (Wildman–Crippen LogP) is 6.59. The lowest BCUT2D eigenvalue weighted by atomic mass is 9.97. The van der Waals surface area contributed by atoms with Gasteiger partial charge in [0.15, 0.2) is 3.95 Å². The van der Waals surface area contributed by atoms with E-state index in [1.807, 2.05) is 69.3 Å². The summed E-state index contributed by atoms with van der Waals surface area (Å²) >= 11 is 12.2. The number of esters is 1. The number of thiazole rings is 1. The highest BCUT2D eigenvalue weighted by Gasteiger charge is 2.22. The first-order chi connectivity index (χ1) is 15.2. The summed E-state index contributed by atoms with van der Waals surface area (Å²) in [5.74, 6) is 0.676. The number of carbonyl (C=O) groups is 1. The van der Waals surface area contributed by atoms with Crippen LogP contribution in [0.2, 0.25) is 5.02 Å². The van der Waals surface area contributed by atoms with E-state index in [4.69, 9.17) is 33.3 Å². The monoisotopic (exact) mass is 494 g/mol. The molecule has 0 radical (unpaired) electrons. The summed E-state index contributed by atoms with van der Waals surface area (Å²) in [4.78, 5) is 17.1. The first-order valence-electron chi connectivity index (χ1n) is 10.5. The SMILES string of the molecule is CCN(CCOC(=O)C(C)(C)C)CCOc1ccc2[nH]c(=S)sc2c1.Clc1ccccc1. The molecule has 3 rings (SSSR count). The van der Waals surface area contributed by atoms with Gasteiger partial charge in [-0.15, -0.1) is 11.3 Å². The Kier molecular flexibility index (Phi) is 10.6. The Morgan fingerprint density at radius 1 is 1.12 bits per heavy atom. The fourth-order valence-electron chi connectivity index (χ4n) is 2.63. The van der Waals surface area contributed by atoms with Crippen LogP contribution in [0.5, 0.6) is 5.75 Å². The Hall–Kier alpha value is -1.93. The molecule has 0 bridgehead atoms. The fourth-order valence-corrected chi connectivity index (χ4v) is 3.92. The molecule has 5 nitrogen and oxygen atoms in total. The third kappa shape index (κ3) is 9.28. The minimum Gasteiger partial charge on any atom is -0.492 e. The van der Waals surface area contributed by atoms with Gasteiger partial charge in [0, 0.05) is 18.1 Å². The summed E-state index contributed by atoms with van der Waals surface area (Å²) in [7, 11) is 0. The van der Waals surface area contributed by atoms with E-state index >= 15 is 0 Å². The van der Waals surface area contributed by atoms with Crippen molar-refractivity contribution in [1.29, 1.82) is 0 Å². The molecule has 174 valence electrons. The number of nitrogens with one attached hydrogen (secondary N) is 1. The van der Waals surface area contributed by atoms with Crippen molar-refractivity contribution < 1.29 is 14.3 Å². The van der Waals surface area contributed by atoms with Crippen molar-refractivity contribution in [3.8, 4) is 5.75 Å². The van der Waals surface area contributed by atoms with E-state index in [-0.39, 0.29) is 5.97 Å². The quantitative estimate of drug-likeness (QED) is 0.283. The summed E-state index contributed by atoms with van der Waals surface area (Å²) in [5, 5.41) is 0.794. The van der Waals surface area contributed by atoms with Crippen molar-refractivity contribution in [3.63, 3.8) is 0 Å². The maximum Gasteiger partial charge on any atom is 0.311 e. The van der Waals surface area contributed by atoms with E-state index < -0.39 is 5.41 Å². The standard InChI is InChI=1S/C18H26N2O3S2.C6H5Cl/c1-5-20(9-11-23-16(21)18(2,3)4)8-10-22-13-6-7-14-15(12-13)25-17(24)19-14;7-6-4-2-1-3-5-6/h6-7,12H,5,8-11H2,1-4H3,(H,19,24);1-5H. The second kappa shape index (κ2) is 12.9. The van der Waals surface area contributed by atoms with Gasteiger partial charge in [0.2, 0.25) is 0 Å². The molecule has 0 fully saturated rings. The highest BCUT2D eigenvalue weighted by Crippen LogP contribution is 2.24. The maximum atomic E-state index is 11.8. The van der Waals surface area contributed by atoms with Crippen molar-refractivity contribution in [3.05, 3.63) is 57.5 Å². The molecule has 0 saturated carbocycles. The van der Waals surface area contributed by atoms with Crippen LogP contribution < -0.4 is 4.74 Å². The van der Waals surface area contributed by atoms with Gasteiger partial charge in [-0.25, -0.2) is 0 Å². The Labute approximate surface area is 204 Å². The summed E-state index contributed by atoms with van der Waals surface area (Å²) in [5.41, 5.74) is 0.585. The molecule has 0 aliphatic carbocycles. The largest absolute Gasteiger partial charge is 0.492 e. The number of carbonyl (C=O) groups excluding carboxylic acids is 1. The lowest BCUT2D eigenvalue weighted by Crippen LogP contribution is -2.33. The van der Waals surface area contributed by atoms with Crippen molar-refractivity contribution in [1.82, 2.24) is 9.88 Å². The van der Waals surface area contributed by atoms with Gasteiger partial charge in [0.1, 0.15) is 19.0 Å². The Balaban J connectivity index is 0.000000439. The highest BCUT2D eigenvalue weighted by atomic mass is 35.5. The van der Waals surface area contributed by atoms with Crippen LogP contribution in [0.4, 0.5) is 0 Å². The minimum atomic E-state index is -0.455. The Morgan fingerprint density at radius 3 is 2.41 bits per heavy atom. The predicted molar refractivity (Wildman–Crippen MR) is 136 cm³/mol.